The number of hydrogen-bond donors (Lipinski definition) is 2. The quantitative estimate of drug-likeness (QED) is 0.911. The lowest BCUT2D eigenvalue weighted by atomic mass is 10.1. The molecule has 0 atom stereocenters. The van der Waals surface area contributed by atoms with E-state index in [-0.39, 0.29) is 17.7 Å². The number of phenols is 1. The lowest BCUT2D eigenvalue weighted by molar-refractivity contribution is 0.0943. The van der Waals surface area contributed by atoms with E-state index < -0.39 is 28.9 Å². The van der Waals surface area contributed by atoms with Gasteiger partial charge in [-0.1, -0.05) is 12.1 Å². The van der Waals surface area contributed by atoms with Crippen LogP contribution < -0.4 is 5.32 Å². The van der Waals surface area contributed by atoms with Crippen LogP contribution in [0.4, 0.5) is 8.78 Å². The molecule has 0 saturated heterocycles. The van der Waals surface area contributed by atoms with Gasteiger partial charge in [0.2, 0.25) is 0 Å². The first-order chi connectivity index (χ1) is 10.0. The maximum atomic E-state index is 13.6. The third kappa shape index (κ3) is 3.15. The molecule has 0 heterocycles. The highest BCUT2D eigenvalue weighted by Gasteiger charge is 2.16. The van der Waals surface area contributed by atoms with E-state index in [1.807, 2.05) is 0 Å². The molecule has 0 aromatic heterocycles. The average molecular weight is 288 g/mol. The Balaban J connectivity index is 2.13. The second kappa shape index (κ2) is 6.01. The van der Waals surface area contributed by atoms with Crippen molar-refractivity contribution in [3.8, 4) is 11.8 Å². The molecule has 1 amide bonds. The van der Waals surface area contributed by atoms with Gasteiger partial charge in [0, 0.05) is 12.1 Å². The van der Waals surface area contributed by atoms with E-state index in [0.717, 1.165) is 12.1 Å². The number of carbonyl (C=O) groups excluding carboxylic acids is 1. The molecule has 0 aliphatic heterocycles. The van der Waals surface area contributed by atoms with E-state index in [4.69, 9.17) is 5.26 Å². The van der Waals surface area contributed by atoms with E-state index in [0.29, 0.717) is 0 Å². The molecule has 2 aromatic carbocycles. The summed E-state index contributed by atoms with van der Waals surface area (Å²) < 4.78 is 27.1. The summed E-state index contributed by atoms with van der Waals surface area (Å²) >= 11 is 0. The Hall–Kier alpha value is -2.94. The SMILES string of the molecule is N#Cc1ccc(CNC(=O)c2c(O)cccc2F)c(F)c1. The molecule has 0 saturated carbocycles. The molecule has 0 fully saturated rings. The smallest absolute Gasteiger partial charge is 0.258 e. The number of nitrogens with one attached hydrogen (secondary N) is 1. The zero-order valence-electron chi connectivity index (χ0n) is 10.7. The summed E-state index contributed by atoms with van der Waals surface area (Å²) in [6.45, 7) is -0.190. The van der Waals surface area contributed by atoms with Crippen LogP contribution in [0, 0.1) is 23.0 Å². The Morgan fingerprint density at radius 2 is 2.00 bits per heavy atom. The Kier molecular flexibility index (Phi) is 4.14. The number of aromatic hydroxyl groups is 1. The Labute approximate surface area is 119 Å². The first-order valence-corrected chi connectivity index (χ1v) is 5.97. The molecule has 6 heteroatoms. The third-order valence-corrected chi connectivity index (χ3v) is 2.84. The summed E-state index contributed by atoms with van der Waals surface area (Å²) in [6, 6.07) is 9.08. The molecular weight excluding hydrogens is 278 g/mol. The third-order valence-electron chi connectivity index (χ3n) is 2.84. The van der Waals surface area contributed by atoms with Crippen molar-refractivity contribution >= 4 is 5.91 Å². The zero-order valence-corrected chi connectivity index (χ0v) is 10.7. The van der Waals surface area contributed by atoms with Gasteiger partial charge in [-0.15, -0.1) is 0 Å². The van der Waals surface area contributed by atoms with Crippen molar-refractivity contribution in [1.29, 1.82) is 5.26 Å². The van der Waals surface area contributed by atoms with Gasteiger partial charge in [0.05, 0.1) is 11.6 Å². The van der Waals surface area contributed by atoms with Gasteiger partial charge in [-0.25, -0.2) is 8.78 Å². The predicted octanol–water partition coefficient (Wildman–Crippen LogP) is 2.47. The van der Waals surface area contributed by atoms with E-state index in [1.54, 1.807) is 6.07 Å². The van der Waals surface area contributed by atoms with Crippen molar-refractivity contribution < 1.29 is 18.7 Å². The lowest BCUT2D eigenvalue weighted by Crippen LogP contribution is -2.24. The van der Waals surface area contributed by atoms with Crippen molar-refractivity contribution in [3.05, 3.63) is 64.7 Å². The number of nitrogens with zero attached hydrogens (tertiary/aromatic N) is 1. The Morgan fingerprint density at radius 1 is 1.24 bits per heavy atom. The highest BCUT2D eigenvalue weighted by molar-refractivity contribution is 5.97. The number of amides is 1. The molecular formula is C15H10F2N2O2. The van der Waals surface area contributed by atoms with Gasteiger partial charge in [0.25, 0.3) is 5.91 Å². The van der Waals surface area contributed by atoms with Crippen LogP contribution >= 0.6 is 0 Å². The van der Waals surface area contributed by atoms with Gasteiger partial charge in [-0.05, 0) is 24.3 Å². The second-order valence-corrected chi connectivity index (χ2v) is 4.23. The maximum absolute atomic E-state index is 13.6. The van der Waals surface area contributed by atoms with Crippen molar-refractivity contribution in [1.82, 2.24) is 5.32 Å². The molecule has 0 bridgehead atoms. The van der Waals surface area contributed by atoms with Gasteiger partial charge >= 0.3 is 0 Å². The number of nitriles is 1. The fourth-order valence-corrected chi connectivity index (χ4v) is 1.76. The zero-order chi connectivity index (χ0) is 15.4. The number of carbonyl (C=O) groups is 1. The van der Waals surface area contributed by atoms with Crippen LogP contribution in [0.2, 0.25) is 0 Å². The number of phenolic OH excluding ortho intramolecular Hbond substituents is 1. The summed E-state index contributed by atoms with van der Waals surface area (Å²) in [5, 5.41) is 20.4. The van der Waals surface area contributed by atoms with Gasteiger partial charge in [0.15, 0.2) is 0 Å². The molecule has 0 aliphatic carbocycles. The summed E-state index contributed by atoms with van der Waals surface area (Å²) in [5.41, 5.74) is -0.181. The van der Waals surface area contributed by atoms with Crippen LogP contribution in [0.25, 0.3) is 0 Å². The van der Waals surface area contributed by atoms with Gasteiger partial charge in [-0.3, -0.25) is 4.79 Å². The van der Waals surface area contributed by atoms with Gasteiger partial charge < -0.3 is 10.4 Å². The Bertz CT molecular complexity index is 719. The van der Waals surface area contributed by atoms with Crippen LogP contribution in [0.15, 0.2) is 36.4 Å². The van der Waals surface area contributed by atoms with E-state index in [9.17, 15) is 18.7 Å². The minimum absolute atomic E-state index is 0.151. The second-order valence-electron chi connectivity index (χ2n) is 4.23. The first kappa shape index (κ1) is 14.5. The summed E-state index contributed by atoms with van der Waals surface area (Å²) in [7, 11) is 0. The number of benzene rings is 2. The van der Waals surface area contributed by atoms with Crippen LogP contribution in [-0.4, -0.2) is 11.0 Å². The van der Waals surface area contributed by atoms with Crippen molar-refractivity contribution in [2.24, 2.45) is 0 Å². The van der Waals surface area contributed by atoms with Crippen LogP contribution in [0.5, 0.6) is 5.75 Å². The Morgan fingerprint density at radius 3 is 2.62 bits per heavy atom. The average Bonchev–Trinajstić information content (AvgIpc) is 2.45. The lowest BCUT2D eigenvalue weighted by Gasteiger charge is -2.08. The van der Waals surface area contributed by atoms with Crippen LogP contribution in [-0.2, 0) is 6.54 Å². The highest BCUT2D eigenvalue weighted by Crippen LogP contribution is 2.19. The molecule has 4 nitrogen and oxygen atoms in total. The summed E-state index contributed by atoms with van der Waals surface area (Å²) in [4.78, 5) is 11.8. The molecule has 0 radical (unpaired) electrons. The summed E-state index contributed by atoms with van der Waals surface area (Å²) in [6.07, 6.45) is 0. The highest BCUT2D eigenvalue weighted by atomic mass is 19.1. The molecule has 106 valence electrons. The van der Waals surface area contributed by atoms with E-state index in [1.165, 1.54) is 24.3 Å². The normalized spacial score (nSPS) is 9.95. The largest absolute Gasteiger partial charge is 0.507 e. The molecule has 0 spiro atoms. The molecule has 2 rings (SSSR count). The minimum Gasteiger partial charge on any atom is -0.507 e. The molecule has 2 aromatic rings. The molecule has 0 aliphatic rings. The van der Waals surface area contributed by atoms with E-state index >= 15 is 0 Å². The number of hydrogen-bond acceptors (Lipinski definition) is 3. The minimum atomic E-state index is -0.868. The molecule has 21 heavy (non-hydrogen) atoms. The van der Waals surface area contributed by atoms with Crippen molar-refractivity contribution in [2.75, 3.05) is 0 Å². The monoisotopic (exact) mass is 288 g/mol. The van der Waals surface area contributed by atoms with Crippen molar-refractivity contribution in [2.45, 2.75) is 6.54 Å². The van der Waals surface area contributed by atoms with Gasteiger partial charge in [0.1, 0.15) is 22.9 Å². The number of halogens is 2. The first-order valence-electron chi connectivity index (χ1n) is 5.97. The molecule has 0 unspecified atom stereocenters. The fourth-order valence-electron chi connectivity index (χ4n) is 1.76. The van der Waals surface area contributed by atoms with Crippen LogP contribution in [0.1, 0.15) is 21.5 Å². The fraction of sp³-hybridized carbons (Fsp3) is 0.0667. The van der Waals surface area contributed by atoms with Crippen molar-refractivity contribution in [3.63, 3.8) is 0 Å². The molecule has 2 N–H and O–H groups in total. The van der Waals surface area contributed by atoms with Crippen LogP contribution in [0.3, 0.4) is 0 Å². The number of rotatable bonds is 3. The predicted molar refractivity (Wildman–Crippen MR) is 70.4 cm³/mol. The summed E-state index contributed by atoms with van der Waals surface area (Å²) in [5.74, 6) is -2.86. The topological polar surface area (TPSA) is 73.1 Å². The maximum Gasteiger partial charge on any atom is 0.258 e. The standard InChI is InChI=1S/C15H10F2N2O2/c16-11-2-1-3-13(20)14(11)15(21)19-8-10-5-4-9(7-18)6-12(10)17/h1-6,20H,8H2,(H,19,21). The van der Waals surface area contributed by atoms with E-state index in [2.05, 4.69) is 5.32 Å². The van der Waals surface area contributed by atoms with Gasteiger partial charge in [-0.2, -0.15) is 5.26 Å².